The van der Waals surface area contributed by atoms with Gasteiger partial charge in [0.1, 0.15) is 11.5 Å². The van der Waals surface area contributed by atoms with Gasteiger partial charge < -0.3 is 18.6 Å². The number of benzene rings is 2. The highest BCUT2D eigenvalue weighted by Gasteiger charge is 2.17. The van der Waals surface area contributed by atoms with Crippen LogP contribution < -0.4 is 9.47 Å². The quantitative estimate of drug-likeness (QED) is 0.470. The molecular formula is C23H23N3O3. The highest BCUT2D eigenvalue weighted by molar-refractivity contribution is 5.75. The SMILES string of the molecule is COc1cccc(OC)c1-c1cc(C)cn1Cc1cccc(-c2noc(C)n2)c1. The van der Waals surface area contributed by atoms with E-state index in [1.807, 2.05) is 30.3 Å². The maximum atomic E-state index is 5.62. The van der Waals surface area contributed by atoms with Gasteiger partial charge >= 0.3 is 0 Å². The van der Waals surface area contributed by atoms with Crippen molar-refractivity contribution in [1.82, 2.24) is 14.7 Å². The number of methoxy groups -OCH3 is 2. The molecule has 4 aromatic rings. The fraction of sp³-hybridized carbons (Fsp3) is 0.217. The first-order valence-corrected chi connectivity index (χ1v) is 9.37. The third-order valence-electron chi connectivity index (χ3n) is 4.78. The lowest BCUT2D eigenvalue weighted by Crippen LogP contribution is -2.03. The van der Waals surface area contributed by atoms with E-state index in [1.54, 1.807) is 21.1 Å². The number of rotatable bonds is 6. The standard InChI is InChI=1S/C23H23N3O3/c1-15-11-19(22-20(27-3)9-6-10-21(22)28-4)26(13-15)14-17-7-5-8-18(12-17)23-24-16(2)29-25-23/h5-13H,14H2,1-4H3. The van der Waals surface area contributed by atoms with Crippen LogP contribution in [0, 0.1) is 13.8 Å². The zero-order valence-electron chi connectivity index (χ0n) is 17.0. The van der Waals surface area contributed by atoms with E-state index in [9.17, 15) is 0 Å². The minimum atomic E-state index is 0.553. The Morgan fingerprint density at radius 3 is 2.34 bits per heavy atom. The Morgan fingerprint density at radius 2 is 1.69 bits per heavy atom. The maximum Gasteiger partial charge on any atom is 0.223 e. The van der Waals surface area contributed by atoms with Crippen molar-refractivity contribution in [3.05, 3.63) is 71.7 Å². The largest absolute Gasteiger partial charge is 0.496 e. The molecule has 6 nitrogen and oxygen atoms in total. The first-order valence-electron chi connectivity index (χ1n) is 9.37. The molecule has 6 heteroatoms. The molecule has 0 N–H and O–H groups in total. The van der Waals surface area contributed by atoms with Crippen molar-refractivity contribution in [3.63, 3.8) is 0 Å². The third-order valence-corrected chi connectivity index (χ3v) is 4.78. The van der Waals surface area contributed by atoms with Crippen LogP contribution >= 0.6 is 0 Å². The Labute approximate surface area is 169 Å². The summed E-state index contributed by atoms with van der Waals surface area (Å²) in [5.74, 6) is 2.70. The van der Waals surface area contributed by atoms with Crippen LogP contribution in [0.25, 0.3) is 22.6 Å². The van der Waals surface area contributed by atoms with Gasteiger partial charge in [0.2, 0.25) is 11.7 Å². The first-order chi connectivity index (χ1) is 14.1. The highest BCUT2D eigenvalue weighted by atomic mass is 16.5. The van der Waals surface area contributed by atoms with Crippen LogP contribution in [0.4, 0.5) is 0 Å². The molecule has 4 rings (SSSR count). The van der Waals surface area contributed by atoms with Crippen molar-refractivity contribution in [3.8, 4) is 34.1 Å². The Hall–Kier alpha value is -3.54. The second-order valence-corrected chi connectivity index (χ2v) is 6.91. The van der Waals surface area contributed by atoms with E-state index in [1.165, 1.54) is 0 Å². The van der Waals surface area contributed by atoms with Gasteiger partial charge in [0.15, 0.2) is 0 Å². The van der Waals surface area contributed by atoms with E-state index in [-0.39, 0.29) is 0 Å². The zero-order chi connectivity index (χ0) is 20.4. The zero-order valence-corrected chi connectivity index (χ0v) is 17.0. The number of aryl methyl sites for hydroxylation is 2. The van der Waals surface area contributed by atoms with E-state index < -0.39 is 0 Å². The van der Waals surface area contributed by atoms with Crippen molar-refractivity contribution >= 4 is 0 Å². The molecule has 0 unspecified atom stereocenters. The van der Waals surface area contributed by atoms with Gasteiger partial charge in [-0.1, -0.05) is 29.4 Å². The third kappa shape index (κ3) is 3.74. The number of hydrogen-bond donors (Lipinski definition) is 0. The second-order valence-electron chi connectivity index (χ2n) is 6.91. The van der Waals surface area contributed by atoms with E-state index >= 15 is 0 Å². The van der Waals surface area contributed by atoms with Crippen molar-refractivity contribution < 1.29 is 14.0 Å². The minimum Gasteiger partial charge on any atom is -0.496 e. The summed E-state index contributed by atoms with van der Waals surface area (Å²) in [6.07, 6.45) is 2.13. The number of hydrogen-bond acceptors (Lipinski definition) is 5. The summed E-state index contributed by atoms with van der Waals surface area (Å²) in [5.41, 5.74) is 5.21. The normalized spacial score (nSPS) is 10.9. The summed E-state index contributed by atoms with van der Waals surface area (Å²) < 4.78 is 18.6. The molecule has 0 saturated heterocycles. The average Bonchev–Trinajstić information content (AvgIpc) is 3.32. The maximum absolute atomic E-state index is 5.62. The van der Waals surface area contributed by atoms with E-state index in [0.29, 0.717) is 18.3 Å². The number of aromatic nitrogens is 3. The smallest absolute Gasteiger partial charge is 0.223 e. The van der Waals surface area contributed by atoms with Gasteiger partial charge in [0.05, 0.1) is 25.5 Å². The van der Waals surface area contributed by atoms with E-state index in [0.717, 1.165) is 39.4 Å². The lowest BCUT2D eigenvalue weighted by Gasteiger charge is -2.16. The Bertz CT molecular complexity index is 1120. The van der Waals surface area contributed by atoms with Crippen LogP contribution in [0.3, 0.4) is 0 Å². The molecule has 148 valence electrons. The Morgan fingerprint density at radius 1 is 0.966 bits per heavy atom. The number of nitrogens with zero attached hydrogens (tertiary/aromatic N) is 3. The fourth-order valence-corrected chi connectivity index (χ4v) is 3.52. The highest BCUT2D eigenvalue weighted by Crippen LogP contribution is 2.39. The van der Waals surface area contributed by atoms with Crippen LogP contribution in [0.2, 0.25) is 0 Å². The summed E-state index contributed by atoms with van der Waals surface area (Å²) in [6, 6.07) is 16.1. The number of ether oxygens (including phenoxy) is 2. The molecule has 2 aromatic heterocycles. The lowest BCUT2D eigenvalue weighted by molar-refractivity contribution is 0.394. The van der Waals surface area contributed by atoms with Crippen LogP contribution in [0.5, 0.6) is 11.5 Å². The van der Waals surface area contributed by atoms with Gasteiger partial charge in [-0.15, -0.1) is 0 Å². The average molecular weight is 389 g/mol. The van der Waals surface area contributed by atoms with Crippen LogP contribution in [0.15, 0.2) is 59.3 Å². The molecule has 0 aliphatic rings. The molecule has 0 fully saturated rings. The monoisotopic (exact) mass is 389 g/mol. The molecule has 0 atom stereocenters. The van der Waals surface area contributed by atoms with Crippen LogP contribution in [-0.2, 0) is 6.54 Å². The van der Waals surface area contributed by atoms with Crippen molar-refractivity contribution in [2.75, 3.05) is 14.2 Å². The Kier molecular flexibility index (Phi) is 5.08. The molecule has 2 heterocycles. The minimum absolute atomic E-state index is 0.553. The molecular weight excluding hydrogens is 366 g/mol. The van der Waals surface area contributed by atoms with Crippen molar-refractivity contribution in [1.29, 1.82) is 0 Å². The Balaban J connectivity index is 1.74. The molecule has 0 aliphatic heterocycles. The topological polar surface area (TPSA) is 62.3 Å². The van der Waals surface area contributed by atoms with E-state index in [2.05, 4.69) is 46.0 Å². The van der Waals surface area contributed by atoms with Gasteiger partial charge in [0.25, 0.3) is 0 Å². The van der Waals surface area contributed by atoms with Crippen LogP contribution in [-0.4, -0.2) is 28.9 Å². The predicted molar refractivity (Wildman–Crippen MR) is 111 cm³/mol. The molecule has 0 spiro atoms. The van der Waals surface area contributed by atoms with Gasteiger partial charge in [-0.2, -0.15) is 4.98 Å². The fourth-order valence-electron chi connectivity index (χ4n) is 3.52. The second kappa shape index (κ2) is 7.83. The van der Waals surface area contributed by atoms with Gasteiger partial charge in [-0.25, -0.2) is 0 Å². The van der Waals surface area contributed by atoms with Gasteiger partial charge in [-0.05, 0) is 42.3 Å². The van der Waals surface area contributed by atoms with Crippen LogP contribution in [0.1, 0.15) is 17.0 Å². The molecule has 0 aliphatic carbocycles. The molecule has 0 radical (unpaired) electrons. The molecule has 0 bridgehead atoms. The van der Waals surface area contributed by atoms with Gasteiger partial charge in [0, 0.05) is 25.2 Å². The molecule has 0 amide bonds. The lowest BCUT2D eigenvalue weighted by atomic mass is 10.1. The van der Waals surface area contributed by atoms with E-state index in [4.69, 9.17) is 14.0 Å². The summed E-state index contributed by atoms with van der Waals surface area (Å²) >= 11 is 0. The first kappa shape index (κ1) is 18.8. The summed E-state index contributed by atoms with van der Waals surface area (Å²) in [6.45, 7) is 4.56. The molecule has 0 saturated carbocycles. The summed E-state index contributed by atoms with van der Waals surface area (Å²) in [7, 11) is 3.35. The van der Waals surface area contributed by atoms with Gasteiger partial charge in [-0.3, -0.25) is 0 Å². The van der Waals surface area contributed by atoms with Crippen molar-refractivity contribution in [2.45, 2.75) is 20.4 Å². The summed E-state index contributed by atoms with van der Waals surface area (Å²) in [4.78, 5) is 4.33. The van der Waals surface area contributed by atoms with Crippen molar-refractivity contribution in [2.24, 2.45) is 0 Å². The molecule has 29 heavy (non-hydrogen) atoms. The molecule has 2 aromatic carbocycles. The summed E-state index contributed by atoms with van der Waals surface area (Å²) in [5, 5.41) is 4.02. The predicted octanol–water partition coefficient (Wildman–Crippen LogP) is 4.89.